The molecule has 1 N–H and O–H groups in total. The van der Waals surface area contributed by atoms with Crippen molar-refractivity contribution in [2.75, 3.05) is 5.32 Å². The topological polar surface area (TPSA) is 68.1 Å². The summed E-state index contributed by atoms with van der Waals surface area (Å²) in [5.41, 5.74) is 0.649. The number of aromatic nitrogens is 1. The van der Waals surface area contributed by atoms with Gasteiger partial charge in [-0.2, -0.15) is 0 Å². The molecule has 5 nitrogen and oxygen atoms in total. The number of nitro groups is 1. The van der Waals surface area contributed by atoms with E-state index in [4.69, 9.17) is 0 Å². The molecule has 1 aliphatic carbocycles. The normalized spacial score (nSPS) is 24.3. The molecule has 2 rings (SSSR count). The Morgan fingerprint density at radius 3 is 2.76 bits per heavy atom. The lowest BCUT2D eigenvalue weighted by Gasteiger charge is -2.27. The van der Waals surface area contributed by atoms with Gasteiger partial charge in [-0.25, -0.2) is 0 Å². The molecule has 0 unspecified atom stereocenters. The van der Waals surface area contributed by atoms with Crippen molar-refractivity contribution < 1.29 is 4.92 Å². The number of nitrogens with zero attached hydrogens (tertiary/aromatic N) is 2. The lowest BCUT2D eigenvalue weighted by molar-refractivity contribution is -0.384. The number of hydrogen-bond acceptors (Lipinski definition) is 4. The maximum Gasteiger partial charge on any atom is 0.310 e. The van der Waals surface area contributed by atoms with Gasteiger partial charge in [-0.05, 0) is 37.7 Å². The average Bonchev–Trinajstić information content (AvgIpc) is 2.32. The zero-order chi connectivity index (χ0) is 12.3. The van der Waals surface area contributed by atoms with Gasteiger partial charge in [0.05, 0.1) is 4.92 Å². The van der Waals surface area contributed by atoms with E-state index in [1.165, 1.54) is 19.0 Å². The predicted octanol–water partition coefficient (Wildman–Crippen LogP) is 2.98. The Balaban J connectivity index is 2.05. The highest BCUT2D eigenvalue weighted by Crippen LogP contribution is 2.29. The lowest BCUT2D eigenvalue weighted by Crippen LogP contribution is -2.25. The van der Waals surface area contributed by atoms with Crippen LogP contribution in [0.3, 0.4) is 0 Å². The first-order valence-electron chi connectivity index (χ1n) is 6.01. The van der Waals surface area contributed by atoms with Gasteiger partial charge in [-0.3, -0.25) is 15.1 Å². The zero-order valence-corrected chi connectivity index (χ0v) is 9.93. The first kappa shape index (κ1) is 11.8. The van der Waals surface area contributed by atoms with Crippen molar-refractivity contribution in [3.63, 3.8) is 0 Å². The van der Waals surface area contributed by atoms with Crippen molar-refractivity contribution in [2.24, 2.45) is 5.92 Å². The van der Waals surface area contributed by atoms with Crippen LogP contribution in [0.4, 0.5) is 11.4 Å². The van der Waals surface area contributed by atoms with E-state index in [0.717, 1.165) is 18.8 Å². The molecule has 0 aliphatic heterocycles. The molecule has 1 fully saturated rings. The van der Waals surface area contributed by atoms with Crippen LogP contribution in [-0.4, -0.2) is 15.9 Å². The van der Waals surface area contributed by atoms with Crippen LogP contribution < -0.4 is 5.32 Å². The Morgan fingerprint density at radius 2 is 2.12 bits per heavy atom. The van der Waals surface area contributed by atoms with E-state index in [9.17, 15) is 10.1 Å². The van der Waals surface area contributed by atoms with Crippen LogP contribution in [-0.2, 0) is 0 Å². The number of nitrogens with one attached hydrogen (secondary N) is 1. The van der Waals surface area contributed by atoms with Crippen LogP contribution in [0.15, 0.2) is 18.5 Å². The fourth-order valence-electron chi connectivity index (χ4n) is 2.28. The fourth-order valence-corrected chi connectivity index (χ4v) is 2.28. The average molecular weight is 235 g/mol. The largest absolute Gasteiger partial charge is 0.377 e. The second kappa shape index (κ2) is 5.12. The summed E-state index contributed by atoms with van der Waals surface area (Å²) in [6.45, 7) is 2.26. The highest BCUT2D eigenvalue weighted by Gasteiger charge is 2.21. The molecule has 0 saturated heterocycles. The minimum Gasteiger partial charge on any atom is -0.377 e. The lowest BCUT2D eigenvalue weighted by atomic mass is 9.87. The molecule has 17 heavy (non-hydrogen) atoms. The van der Waals surface area contributed by atoms with Gasteiger partial charge in [0, 0.05) is 12.2 Å². The second-order valence-corrected chi connectivity index (χ2v) is 4.75. The smallest absolute Gasteiger partial charge is 0.310 e. The number of anilines is 1. The summed E-state index contributed by atoms with van der Waals surface area (Å²) in [4.78, 5) is 14.2. The molecule has 1 heterocycles. The summed E-state index contributed by atoms with van der Waals surface area (Å²) in [7, 11) is 0. The van der Waals surface area contributed by atoms with Crippen molar-refractivity contribution in [1.82, 2.24) is 4.98 Å². The highest BCUT2D eigenvalue weighted by molar-refractivity contribution is 5.60. The van der Waals surface area contributed by atoms with Gasteiger partial charge in [0.25, 0.3) is 0 Å². The third-order valence-corrected chi connectivity index (χ3v) is 3.37. The van der Waals surface area contributed by atoms with Gasteiger partial charge in [-0.15, -0.1) is 0 Å². The van der Waals surface area contributed by atoms with Crippen LogP contribution in [0.25, 0.3) is 0 Å². The molecule has 1 aromatic heterocycles. The number of pyridine rings is 1. The standard InChI is InChI=1S/C12H17N3O2/c1-9-2-4-10(5-3-9)14-11-6-7-13-8-12(11)15(16)17/h6-10H,2-5H2,1H3,(H,13,14). The van der Waals surface area contributed by atoms with E-state index in [2.05, 4.69) is 17.2 Å². The van der Waals surface area contributed by atoms with Gasteiger partial charge in [0.1, 0.15) is 11.9 Å². The molecular weight excluding hydrogens is 218 g/mol. The summed E-state index contributed by atoms with van der Waals surface area (Å²) < 4.78 is 0. The van der Waals surface area contributed by atoms with E-state index in [1.807, 2.05) is 0 Å². The zero-order valence-electron chi connectivity index (χ0n) is 9.93. The fraction of sp³-hybridized carbons (Fsp3) is 0.583. The summed E-state index contributed by atoms with van der Waals surface area (Å²) in [6, 6.07) is 2.03. The molecule has 92 valence electrons. The Labute approximate surface area is 100 Å². The van der Waals surface area contributed by atoms with Crippen LogP contribution in [0.2, 0.25) is 0 Å². The molecule has 1 aliphatic rings. The van der Waals surface area contributed by atoms with Crippen molar-refractivity contribution in [3.8, 4) is 0 Å². The van der Waals surface area contributed by atoms with Gasteiger partial charge >= 0.3 is 5.69 Å². The van der Waals surface area contributed by atoms with E-state index in [0.29, 0.717) is 11.7 Å². The molecule has 0 aromatic carbocycles. The van der Waals surface area contributed by atoms with E-state index in [1.54, 1.807) is 12.3 Å². The van der Waals surface area contributed by atoms with E-state index in [-0.39, 0.29) is 10.6 Å². The summed E-state index contributed by atoms with van der Waals surface area (Å²) in [5, 5.41) is 14.1. The van der Waals surface area contributed by atoms with E-state index >= 15 is 0 Å². The van der Waals surface area contributed by atoms with Crippen LogP contribution in [0, 0.1) is 16.0 Å². The molecule has 0 radical (unpaired) electrons. The minimum atomic E-state index is -0.388. The van der Waals surface area contributed by atoms with Crippen LogP contribution in [0.1, 0.15) is 32.6 Å². The predicted molar refractivity (Wildman–Crippen MR) is 65.9 cm³/mol. The van der Waals surface area contributed by atoms with Crippen LogP contribution in [0.5, 0.6) is 0 Å². The Morgan fingerprint density at radius 1 is 1.41 bits per heavy atom. The van der Waals surface area contributed by atoms with Gasteiger partial charge in [-0.1, -0.05) is 6.92 Å². The molecule has 5 heteroatoms. The molecule has 0 spiro atoms. The quantitative estimate of drug-likeness (QED) is 0.646. The van der Waals surface area contributed by atoms with Crippen molar-refractivity contribution in [1.29, 1.82) is 0 Å². The maximum absolute atomic E-state index is 10.8. The first-order chi connectivity index (χ1) is 8.16. The van der Waals surface area contributed by atoms with E-state index < -0.39 is 0 Å². The monoisotopic (exact) mass is 235 g/mol. The summed E-state index contributed by atoms with van der Waals surface area (Å²) >= 11 is 0. The van der Waals surface area contributed by atoms with Crippen molar-refractivity contribution in [3.05, 3.63) is 28.6 Å². The Kier molecular flexibility index (Phi) is 3.56. The second-order valence-electron chi connectivity index (χ2n) is 4.75. The first-order valence-corrected chi connectivity index (χ1v) is 6.01. The SMILES string of the molecule is CC1CCC(Nc2ccncc2[N+](=O)[O-])CC1. The van der Waals surface area contributed by atoms with Gasteiger partial charge in [0.2, 0.25) is 0 Å². The molecular formula is C12H17N3O2. The number of rotatable bonds is 3. The Bertz CT molecular complexity index is 400. The molecule has 1 saturated carbocycles. The maximum atomic E-state index is 10.8. The van der Waals surface area contributed by atoms with Gasteiger partial charge in [0.15, 0.2) is 0 Å². The molecule has 0 bridgehead atoms. The number of hydrogen-bond donors (Lipinski definition) is 1. The molecule has 1 aromatic rings. The summed E-state index contributed by atoms with van der Waals surface area (Å²) in [6.07, 6.45) is 7.43. The van der Waals surface area contributed by atoms with Crippen LogP contribution >= 0.6 is 0 Å². The molecule has 0 atom stereocenters. The molecule has 0 amide bonds. The van der Waals surface area contributed by atoms with Crippen molar-refractivity contribution >= 4 is 11.4 Å². The third-order valence-electron chi connectivity index (χ3n) is 3.37. The minimum absolute atomic E-state index is 0.0612. The van der Waals surface area contributed by atoms with Gasteiger partial charge < -0.3 is 5.32 Å². The summed E-state index contributed by atoms with van der Waals surface area (Å²) in [5.74, 6) is 0.778. The third kappa shape index (κ3) is 2.93. The van der Waals surface area contributed by atoms with Crippen molar-refractivity contribution in [2.45, 2.75) is 38.6 Å². The highest BCUT2D eigenvalue weighted by atomic mass is 16.6. The Hall–Kier alpha value is -1.65.